The smallest absolute Gasteiger partial charge is 0.140 e. The second-order valence-corrected chi connectivity index (χ2v) is 7.30. The average molecular weight is 361 g/mol. The molecule has 27 heavy (non-hydrogen) atoms. The molecule has 1 fully saturated rings. The summed E-state index contributed by atoms with van der Waals surface area (Å²) >= 11 is 0. The molecular formula is C23H27N3O. The van der Waals surface area contributed by atoms with Gasteiger partial charge < -0.3 is 14.6 Å². The minimum atomic E-state index is 0.271. The number of ether oxygens (including phenoxy) is 1. The highest BCUT2D eigenvalue weighted by molar-refractivity contribution is 5.56. The van der Waals surface area contributed by atoms with Crippen LogP contribution in [-0.2, 0) is 11.3 Å². The van der Waals surface area contributed by atoms with Crippen molar-refractivity contribution in [2.45, 2.75) is 31.9 Å². The first-order valence-electron chi connectivity index (χ1n) is 9.78. The Morgan fingerprint density at radius 3 is 2.56 bits per heavy atom. The predicted molar refractivity (Wildman–Crippen MR) is 109 cm³/mol. The lowest BCUT2D eigenvalue weighted by Crippen LogP contribution is -2.39. The van der Waals surface area contributed by atoms with Crippen LogP contribution in [0.5, 0.6) is 0 Å². The molecule has 0 saturated carbocycles. The van der Waals surface area contributed by atoms with Gasteiger partial charge in [-0.05, 0) is 12.0 Å². The SMILES string of the molecule is CC(C[C@H]1CNCCO1)c1cn(Cc2ccccc2)c(-c2ccccc2)n1. The molecule has 0 aliphatic carbocycles. The van der Waals surface area contributed by atoms with E-state index in [4.69, 9.17) is 9.72 Å². The van der Waals surface area contributed by atoms with Crippen molar-refractivity contribution in [2.75, 3.05) is 19.7 Å². The molecule has 1 N–H and O–H groups in total. The van der Waals surface area contributed by atoms with Crippen LogP contribution in [0.15, 0.2) is 66.9 Å². The minimum absolute atomic E-state index is 0.271. The summed E-state index contributed by atoms with van der Waals surface area (Å²) in [6, 6.07) is 21.0. The molecular weight excluding hydrogens is 334 g/mol. The van der Waals surface area contributed by atoms with Crippen LogP contribution in [0.1, 0.15) is 30.5 Å². The molecule has 3 aromatic rings. The van der Waals surface area contributed by atoms with E-state index in [0.29, 0.717) is 5.92 Å². The summed E-state index contributed by atoms with van der Waals surface area (Å²) < 4.78 is 8.16. The van der Waals surface area contributed by atoms with E-state index in [9.17, 15) is 0 Å². The second-order valence-electron chi connectivity index (χ2n) is 7.30. The number of morpholine rings is 1. The summed E-state index contributed by atoms with van der Waals surface area (Å²) in [6.07, 6.45) is 3.48. The van der Waals surface area contributed by atoms with E-state index >= 15 is 0 Å². The van der Waals surface area contributed by atoms with Gasteiger partial charge in [0.15, 0.2) is 0 Å². The van der Waals surface area contributed by atoms with Crippen molar-refractivity contribution in [3.8, 4) is 11.4 Å². The van der Waals surface area contributed by atoms with E-state index in [1.54, 1.807) is 0 Å². The van der Waals surface area contributed by atoms with Gasteiger partial charge in [-0.15, -0.1) is 0 Å². The van der Waals surface area contributed by atoms with E-state index in [2.05, 4.69) is 77.6 Å². The molecule has 2 atom stereocenters. The standard InChI is InChI=1S/C23H27N3O/c1-18(14-21-15-24-12-13-27-21)22-17-26(16-19-8-4-2-5-9-19)23(25-22)20-10-6-3-7-11-20/h2-11,17-18,21,24H,12-16H2,1H3/t18?,21-/m0/s1. The molecule has 1 unspecified atom stereocenters. The third-order valence-corrected chi connectivity index (χ3v) is 5.15. The van der Waals surface area contributed by atoms with Gasteiger partial charge in [0.25, 0.3) is 0 Å². The van der Waals surface area contributed by atoms with Crippen molar-refractivity contribution < 1.29 is 4.74 Å². The summed E-state index contributed by atoms with van der Waals surface area (Å²) in [6.45, 7) is 5.76. The molecule has 4 rings (SSSR count). The van der Waals surface area contributed by atoms with Crippen LogP contribution in [0.2, 0.25) is 0 Å². The van der Waals surface area contributed by atoms with E-state index in [1.807, 2.05) is 6.07 Å². The van der Waals surface area contributed by atoms with Crippen molar-refractivity contribution >= 4 is 0 Å². The van der Waals surface area contributed by atoms with Gasteiger partial charge in [-0.3, -0.25) is 0 Å². The van der Waals surface area contributed by atoms with E-state index in [0.717, 1.165) is 49.7 Å². The number of aromatic nitrogens is 2. The zero-order valence-corrected chi connectivity index (χ0v) is 15.8. The summed E-state index contributed by atoms with van der Waals surface area (Å²) in [7, 11) is 0. The van der Waals surface area contributed by atoms with Crippen molar-refractivity contribution in [1.29, 1.82) is 0 Å². The number of imidazole rings is 1. The zero-order valence-electron chi connectivity index (χ0n) is 15.8. The predicted octanol–water partition coefficient (Wildman–Crippen LogP) is 4.08. The number of nitrogens with one attached hydrogen (secondary N) is 1. The first-order chi connectivity index (χ1) is 13.3. The zero-order chi connectivity index (χ0) is 18.5. The van der Waals surface area contributed by atoms with Gasteiger partial charge in [-0.1, -0.05) is 67.6 Å². The number of rotatable bonds is 6. The lowest BCUT2D eigenvalue weighted by Gasteiger charge is -2.25. The highest BCUT2D eigenvalue weighted by Crippen LogP contribution is 2.27. The van der Waals surface area contributed by atoms with Crippen LogP contribution in [0.4, 0.5) is 0 Å². The Morgan fingerprint density at radius 2 is 1.85 bits per heavy atom. The fourth-order valence-electron chi connectivity index (χ4n) is 3.68. The first-order valence-corrected chi connectivity index (χ1v) is 9.78. The Hall–Kier alpha value is -2.43. The van der Waals surface area contributed by atoms with Crippen LogP contribution >= 0.6 is 0 Å². The van der Waals surface area contributed by atoms with Crippen molar-refractivity contribution in [3.05, 3.63) is 78.1 Å². The second kappa shape index (κ2) is 8.51. The van der Waals surface area contributed by atoms with E-state index < -0.39 is 0 Å². The van der Waals surface area contributed by atoms with Crippen LogP contribution in [0.25, 0.3) is 11.4 Å². The van der Waals surface area contributed by atoms with Crippen molar-refractivity contribution in [2.24, 2.45) is 0 Å². The van der Waals surface area contributed by atoms with Gasteiger partial charge >= 0.3 is 0 Å². The maximum Gasteiger partial charge on any atom is 0.140 e. The van der Waals surface area contributed by atoms with E-state index in [1.165, 1.54) is 5.56 Å². The van der Waals surface area contributed by atoms with E-state index in [-0.39, 0.29) is 6.10 Å². The number of hydrogen-bond acceptors (Lipinski definition) is 3. The molecule has 0 spiro atoms. The Bertz CT molecular complexity index is 839. The van der Waals surface area contributed by atoms with Crippen molar-refractivity contribution in [1.82, 2.24) is 14.9 Å². The maximum absolute atomic E-state index is 5.89. The third kappa shape index (κ3) is 4.46. The number of benzene rings is 2. The van der Waals surface area contributed by atoms with Gasteiger partial charge in [0.1, 0.15) is 5.82 Å². The molecule has 0 bridgehead atoms. The molecule has 2 heterocycles. The van der Waals surface area contributed by atoms with Gasteiger partial charge in [-0.2, -0.15) is 0 Å². The van der Waals surface area contributed by atoms with Gasteiger partial charge in [0.05, 0.1) is 18.4 Å². The topological polar surface area (TPSA) is 39.1 Å². The number of nitrogens with zero attached hydrogens (tertiary/aromatic N) is 2. The monoisotopic (exact) mass is 361 g/mol. The minimum Gasteiger partial charge on any atom is -0.376 e. The van der Waals surface area contributed by atoms with Gasteiger partial charge in [0, 0.05) is 37.3 Å². The molecule has 0 amide bonds. The molecule has 0 radical (unpaired) electrons. The molecule has 4 nitrogen and oxygen atoms in total. The molecule has 1 saturated heterocycles. The average Bonchev–Trinajstić information content (AvgIpc) is 3.14. The highest BCUT2D eigenvalue weighted by atomic mass is 16.5. The maximum atomic E-state index is 5.89. The summed E-state index contributed by atoms with van der Waals surface area (Å²) in [5, 5.41) is 3.42. The summed E-state index contributed by atoms with van der Waals surface area (Å²) in [5.74, 6) is 1.39. The lowest BCUT2D eigenvalue weighted by atomic mass is 10.00. The quantitative estimate of drug-likeness (QED) is 0.719. The van der Waals surface area contributed by atoms with Gasteiger partial charge in [-0.25, -0.2) is 4.98 Å². The lowest BCUT2D eigenvalue weighted by molar-refractivity contribution is 0.0199. The third-order valence-electron chi connectivity index (χ3n) is 5.15. The first kappa shape index (κ1) is 18.0. The number of hydrogen-bond donors (Lipinski definition) is 1. The van der Waals surface area contributed by atoms with Crippen LogP contribution in [-0.4, -0.2) is 35.4 Å². The normalized spacial score (nSPS) is 18.3. The summed E-state index contributed by atoms with van der Waals surface area (Å²) in [5.41, 5.74) is 3.58. The van der Waals surface area contributed by atoms with Crippen LogP contribution < -0.4 is 5.32 Å². The van der Waals surface area contributed by atoms with Gasteiger partial charge in [0.2, 0.25) is 0 Å². The fraction of sp³-hybridized carbons (Fsp3) is 0.348. The molecule has 140 valence electrons. The Labute approximate surface area is 161 Å². The van der Waals surface area contributed by atoms with Crippen LogP contribution in [0.3, 0.4) is 0 Å². The molecule has 1 aliphatic heterocycles. The Kier molecular flexibility index (Phi) is 5.66. The molecule has 2 aromatic carbocycles. The summed E-state index contributed by atoms with van der Waals surface area (Å²) in [4.78, 5) is 5.03. The Morgan fingerprint density at radius 1 is 1.11 bits per heavy atom. The fourth-order valence-corrected chi connectivity index (χ4v) is 3.68. The molecule has 1 aromatic heterocycles. The van der Waals surface area contributed by atoms with Crippen molar-refractivity contribution in [3.63, 3.8) is 0 Å². The highest BCUT2D eigenvalue weighted by Gasteiger charge is 2.21. The molecule has 4 heteroatoms. The largest absolute Gasteiger partial charge is 0.376 e. The Balaban J connectivity index is 1.60. The molecule has 1 aliphatic rings. The van der Waals surface area contributed by atoms with Crippen LogP contribution in [0, 0.1) is 0 Å².